The summed E-state index contributed by atoms with van der Waals surface area (Å²) in [5, 5.41) is 3.46. The van der Waals surface area contributed by atoms with Crippen LogP contribution in [0.15, 0.2) is 41.5 Å². The van der Waals surface area contributed by atoms with Crippen molar-refractivity contribution in [2.45, 2.75) is 26.8 Å². The molecular formula is C19H29IN4. The zero-order valence-corrected chi connectivity index (χ0v) is 17.7. The van der Waals surface area contributed by atoms with Crippen LogP contribution < -0.4 is 5.32 Å². The Bertz CT molecular complexity index is 676. The van der Waals surface area contributed by atoms with E-state index in [9.17, 15) is 0 Å². The molecule has 1 N–H and O–H groups in total. The molecule has 0 saturated carbocycles. The lowest BCUT2D eigenvalue weighted by Gasteiger charge is -2.22. The van der Waals surface area contributed by atoms with Crippen LogP contribution in [-0.2, 0) is 20.0 Å². The number of halogens is 1. The summed E-state index contributed by atoms with van der Waals surface area (Å²) in [5.41, 5.74) is 5.34. The Kier molecular flexibility index (Phi) is 8.31. The molecule has 0 spiro atoms. The fourth-order valence-corrected chi connectivity index (χ4v) is 2.80. The van der Waals surface area contributed by atoms with Gasteiger partial charge in [0.2, 0.25) is 0 Å². The third-order valence-corrected chi connectivity index (χ3v) is 4.20. The molecule has 0 fully saturated rings. The summed E-state index contributed by atoms with van der Waals surface area (Å²) < 4.78 is 2.14. The molecule has 0 bridgehead atoms. The van der Waals surface area contributed by atoms with Crippen LogP contribution in [0.2, 0.25) is 0 Å². The standard InChI is InChI=1S/C19H28N4.HI/c1-15-8-9-17(16(2)13-15)10-11-21-19(20-3)23(5)14-18-7-6-12-22(18)4;/h6-9,12-13H,10-11,14H2,1-5H3,(H,20,21);1H. The molecule has 0 unspecified atom stereocenters. The van der Waals surface area contributed by atoms with Gasteiger partial charge < -0.3 is 14.8 Å². The lowest BCUT2D eigenvalue weighted by molar-refractivity contribution is 0.462. The van der Waals surface area contributed by atoms with Crippen molar-refractivity contribution in [2.75, 3.05) is 20.6 Å². The minimum Gasteiger partial charge on any atom is -0.356 e. The summed E-state index contributed by atoms with van der Waals surface area (Å²) in [6, 6.07) is 10.9. The first-order valence-corrected chi connectivity index (χ1v) is 8.09. The Morgan fingerprint density at radius 1 is 1.25 bits per heavy atom. The van der Waals surface area contributed by atoms with Gasteiger partial charge in [-0.1, -0.05) is 23.8 Å². The molecule has 0 saturated heterocycles. The van der Waals surface area contributed by atoms with Gasteiger partial charge >= 0.3 is 0 Å². The lowest BCUT2D eigenvalue weighted by atomic mass is 10.0. The number of aryl methyl sites for hydroxylation is 3. The third kappa shape index (κ3) is 5.54. The van der Waals surface area contributed by atoms with Gasteiger partial charge in [-0.2, -0.15) is 0 Å². The van der Waals surface area contributed by atoms with Crippen molar-refractivity contribution in [3.63, 3.8) is 0 Å². The molecule has 132 valence electrons. The predicted octanol–water partition coefficient (Wildman–Crippen LogP) is 3.51. The van der Waals surface area contributed by atoms with E-state index in [4.69, 9.17) is 0 Å². The molecule has 0 atom stereocenters. The van der Waals surface area contributed by atoms with E-state index in [1.54, 1.807) is 0 Å². The van der Waals surface area contributed by atoms with Crippen LogP contribution in [0.4, 0.5) is 0 Å². The number of guanidine groups is 1. The van der Waals surface area contributed by atoms with Crippen LogP contribution in [0.1, 0.15) is 22.4 Å². The molecule has 2 aromatic rings. The van der Waals surface area contributed by atoms with Gasteiger partial charge in [0.05, 0.1) is 6.54 Å². The zero-order chi connectivity index (χ0) is 16.8. The van der Waals surface area contributed by atoms with Gasteiger partial charge in [0.15, 0.2) is 5.96 Å². The Labute approximate surface area is 163 Å². The monoisotopic (exact) mass is 440 g/mol. The van der Waals surface area contributed by atoms with E-state index in [2.05, 4.69) is 84.2 Å². The number of aromatic nitrogens is 1. The van der Waals surface area contributed by atoms with Crippen molar-refractivity contribution in [1.29, 1.82) is 0 Å². The van der Waals surface area contributed by atoms with E-state index >= 15 is 0 Å². The Morgan fingerprint density at radius 2 is 2.00 bits per heavy atom. The second-order valence-electron chi connectivity index (χ2n) is 6.12. The van der Waals surface area contributed by atoms with Crippen molar-refractivity contribution < 1.29 is 0 Å². The number of nitrogens with one attached hydrogen (secondary N) is 1. The fraction of sp³-hybridized carbons (Fsp3) is 0.421. The van der Waals surface area contributed by atoms with Crippen molar-refractivity contribution in [2.24, 2.45) is 12.0 Å². The first-order chi connectivity index (χ1) is 11.0. The van der Waals surface area contributed by atoms with Gasteiger partial charge in [-0.25, -0.2) is 0 Å². The lowest BCUT2D eigenvalue weighted by Crippen LogP contribution is -2.39. The molecule has 24 heavy (non-hydrogen) atoms. The van der Waals surface area contributed by atoms with Gasteiger partial charge in [-0.15, -0.1) is 24.0 Å². The van der Waals surface area contributed by atoms with Crippen molar-refractivity contribution in [1.82, 2.24) is 14.8 Å². The van der Waals surface area contributed by atoms with Crippen molar-refractivity contribution in [3.8, 4) is 0 Å². The number of benzene rings is 1. The normalized spacial score (nSPS) is 11.1. The first-order valence-electron chi connectivity index (χ1n) is 8.09. The van der Waals surface area contributed by atoms with Gasteiger partial charge in [-0.05, 0) is 43.5 Å². The highest BCUT2D eigenvalue weighted by Crippen LogP contribution is 2.10. The maximum atomic E-state index is 4.39. The second-order valence-corrected chi connectivity index (χ2v) is 6.12. The van der Waals surface area contributed by atoms with Crippen LogP contribution in [0.3, 0.4) is 0 Å². The van der Waals surface area contributed by atoms with Gasteiger partial charge in [-0.3, -0.25) is 4.99 Å². The molecular weight excluding hydrogens is 411 g/mol. The van der Waals surface area contributed by atoms with Gasteiger partial charge in [0.1, 0.15) is 0 Å². The van der Waals surface area contributed by atoms with Crippen molar-refractivity contribution >= 4 is 29.9 Å². The second kappa shape index (κ2) is 9.71. The fourth-order valence-electron chi connectivity index (χ4n) is 2.80. The average molecular weight is 440 g/mol. The SMILES string of the molecule is CN=C(NCCc1ccc(C)cc1C)N(C)Cc1cccn1C.I. The molecule has 1 aromatic heterocycles. The largest absolute Gasteiger partial charge is 0.356 e. The van der Waals surface area contributed by atoms with E-state index in [1.807, 2.05) is 7.05 Å². The molecule has 0 aliphatic heterocycles. The highest BCUT2D eigenvalue weighted by Gasteiger charge is 2.08. The van der Waals surface area contributed by atoms with Crippen LogP contribution >= 0.6 is 24.0 Å². The molecule has 0 aliphatic rings. The molecule has 0 radical (unpaired) electrons. The summed E-state index contributed by atoms with van der Waals surface area (Å²) in [6.45, 7) is 6.04. The van der Waals surface area contributed by atoms with E-state index < -0.39 is 0 Å². The zero-order valence-electron chi connectivity index (χ0n) is 15.3. The topological polar surface area (TPSA) is 32.6 Å². The number of hydrogen-bond donors (Lipinski definition) is 1. The average Bonchev–Trinajstić information content (AvgIpc) is 2.90. The Morgan fingerprint density at radius 3 is 2.58 bits per heavy atom. The molecule has 0 amide bonds. The quantitative estimate of drug-likeness (QED) is 0.439. The molecule has 2 rings (SSSR count). The van der Waals surface area contributed by atoms with Crippen LogP contribution in [0.5, 0.6) is 0 Å². The van der Waals surface area contributed by atoms with Crippen molar-refractivity contribution in [3.05, 3.63) is 58.9 Å². The van der Waals surface area contributed by atoms with Crippen LogP contribution in [0, 0.1) is 13.8 Å². The smallest absolute Gasteiger partial charge is 0.193 e. The molecule has 4 nitrogen and oxygen atoms in total. The third-order valence-electron chi connectivity index (χ3n) is 4.20. The number of rotatable bonds is 5. The molecule has 5 heteroatoms. The Hall–Kier alpha value is -1.50. The molecule has 1 heterocycles. The maximum absolute atomic E-state index is 4.39. The van der Waals surface area contributed by atoms with E-state index in [0.29, 0.717) is 0 Å². The predicted molar refractivity (Wildman–Crippen MR) is 113 cm³/mol. The summed E-state index contributed by atoms with van der Waals surface area (Å²) in [7, 11) is 5.97. The van der Waals surface area contributed by atoms with Crippen LogP contribution in [-0.4, -0.2) is 36.1 Å². The Balaban J connectivity index is 0.00000288. The maximum Gasteiger partial charge on any atom is 0.193 e. The van der Waals surface area contributed by atoms with Crippen LogP contribution in [0.25, 0.3) is 0 Å². The van der Waals surface area contributed by atoms with Gasteiger partial charge in [0.25, 0.3) is 0 Å². The van der Waals surface area contributed by atoms with E-state index in [-0.39, 0.29) is 24.0 Å². The number of aliphatic imine (C=N–C) groups is 1. The first kappa shape index (κ1) is 20.5. The number of hydrogen-bond acceptors (Lipinski definition) is 1. The highest BCUT2D eigenvalue weighted by molar-refractivity contribution is 14.0. The van der Waals surface area contributed by atoms with E-state index in [1.165, 1.54) is 22.4 Å². The minimum absolute atomic E-state index is 0. The number of nitrogens with zero attached hydrogens (tertiary/aromatic N) is 3. The summed E-state index contributed by atoms with van der Waals surface area (Å²) in [5.74, 6) is 0.927. The minimum atomic E-state index is 0. The molecule has 1 aromatic carbocycles. The van der Waals surface area contributed by atoms with E-state index in [0.717, 1.165) is 25.5 Å². The highest BCUT2D eigenvalue weighted by atomic mass is 127. The summed E-state index contributed by atoms with van der Waals surface area (Å²) >= 11 is 0. The summed E-state index contributed by atoms with van der Waals surface area (Å²) in [6.07, 6.45) is 3.07. The molecule has 0 aliphatic carbocycles. The van der Waals surface area contributed by atoms with Gasteiger partial charge in [0, 0.05) is 39.6 Å². The summed E-state index contributed by atoms with van der Waals surface area (Å²) in [4.78, 5) is 6.54.